The zero-order valence-corrected chi connectivity index (χ0v) is 12.5. The number of methoxy groups -OCH3 is 1. The van der Waals surface area contributed by atoms with E-state index in [0.29, 0.717) is 6.04 Å². The summed E-state index contributed by atoms with van der Waals surface area (Å²) in [6.45, 7) is 5.37. The van der Waals surface area contributed by atoms with Gasteiger partial charge in [0.05, 0.1) is 7.11 Å². The largest absolute Gasteiger partial charge is 0.496 e. The van der Waals surface area contributed by atoms with E-state index in [0.717, 1.165) is 18.2 Å². The molecule has 2 nitrogen and oxygen atoms in total. The number of benzene rings is 1. The molecule has 0 heterocycles. The highest BCUT2D eigenvalue weighted by Crippen LogP contribution is 2.27. The van der Waals surface area contributed by atoms with Crippen molar-refractivity contribution in [2.45, 2.75) is 58.5 Å². The van der Waals surface area contributed by atoms with Crippen LogP contribution in [0.2, 0.25) is 0 Å². The third-order valence-electron chi connectivity index (χ3n) is 4.41. The second-order valence-electron chi connectivity index (χ2n) is 5.88. The smallest absolute Gasteiger partial charge is 0.123 e. The van der Waals surface area contributed by atoms with Crippen molar-refractivity contribution in [1.29, 1.82) is 0 Å². The molecule has 0 aromatic heterocycles. The van der Waals surface area contributed by atoms with Crippen molar-refractivity contribution in [1.82, 2.24) is 5.32 Å². The van der Waals surface area contributed by atoms with Crippen molar-refractivity contribution in [3.63, 3.8) is 0 Å². The predicted molar refractivity (Wildman–Crippen MR) is 80.6 cm³/mol. The van der Waals surface area contributed by atoms with Crippen LogP contribution in [0.5, 0.6) is 5.75 Å². The van der Waals surface area contributed by atoms with Crippen molar-refractivity contribution in [2.24, 2.45) is 5.92 Å². The topological polar surface area (TPSA) is 21.3 Å². The molecule has 2 heteroatoms. The van der Waals surface area contributed by atoms with Gasteiger partial charge in [-0.15, -0.1) is 0 Å². The van der Waals surface area contributed by atoms with Crippen LogP contribution in [0.4, 0.5) is 0 Å². The summed E-state index contributed by atoms with van der Waals surface area (Å²) >= 11 is 0. The number of rotatable bonds is 5. The van der Waals surface area contributed by atoms with E-state index in [1.54, 1.807) is 7.11 Å². The quantitative estimate of drug-likeness (QED) is 0.863. The fraction of sp³-hybridized carbons (Fsp3) is 0.647. The summed E-state index contributed by atoms with van der Waals surface area (Å²) in [5.41, 5.74) is 2.56. The average Bonchev–Trinajstić information content (AvgIpc) is 2.46. The van der Waals surface area contributed by atoms with E-state index < -0.39 is 0 Å². The minimum absolute atomic E-state index is 0.602. The fourth-order valence-electron chi connectivity index (χ4n) is 3.12. The molecule has 0 saturated heterocycles. The number of hydrogen-bond acceptors (Lipinski definition) is 2. The number of ether oxygens (including phenoxy) is 1. The number of nitrogens with one attached hydrogen (secondary N) is 1. The van der Waals surface area contributed by atoms with Crippen LogP contribution >= 0.6 is 0 Å². The Labute approximate surface area is 117 Å². The van der Waals surface area contributed by atoms with E-state index in [-0.39, 0.29) is 0 Å². The third kappa shape index (κ3) is 3.97. The molecule has 0 radical (unpaired) electrons. The summed E-state index contributed by atoms with van der Waals surface area (Å²) < 4.78 is 5.44. The van der Waals surface area contributed by atoms with Crippen LogP contribution in [0.25, 0.3) is 0 Å². The van der Waals surface area contributed by atoms with Gasteiger partial charge < -0.3 is 10.1 Å². The molecule has 106 valence electrons. The van der Waals surface area contributed by atoms with Gasteiger partial charge in [0.15, 0.2) is 0 Å². The van der Waals surface area contributed by atoms with E-state index in [2.05, 4.69) is 37.4 Å². The van der Waals surface area contributed by atoms with Gasteiger partial charge in [0.25, 0.3) is 0 Å². The van der Waals surface area contributed by atoms with Crippen LogP contribution in [0.1, 0.15) is 50.2 Å². The molecule has 0 amide bonds. The van der Waals surface area contributed by atoms with Crippen molar-refractivity contribution in [2.75, 3.05) is 7.11 Å². The van der Waals surface area contributed by atoms with Gasteiger partial charge in [0.2, 0.25) is 0 Å². The lowest BCUT2D eigenvalue weighted by molar-refractivity contribution is 0.279. The summed E-state index contributed by atoms with van der Waals surface area (Å²) in [6.07, 6.45) is 7.02. The first-order valence-corrected chi connectivity index (χ1v) is 7.57. The zero-order valence-electron chi connectivity index (χ0n) is 12.5. The maximum Gasteiger partial charge on any atom is 0.123 e. The molecule has 19 heavy (non-hydrogen) atoms. The third-order valence-corrected chi connectivity index (χ3v) is 4.41. The molecule has 0 unspecified atom stereocenters. The maximum absolute atomic E-state index is 5.44. The Morgan fingerprint density at radius 3 is 2.68 bits per heavy atom. The highest BCUT2D eigenvalue weighted by molar-refractivity contribution is 5.36. The van der Waals surface area contributed by atoms with Crippen LogP contribution in [0, 0.1) is 12.8 Å². The van der Waals surface area contributed by atoms with Gasteiger partial charge in [-0.3, -0.25) is 0 Å². The predicted octanol–water partition coefficient (Wildman–Crippen LogP) is 4.06. The monoisotopic (exact) mass is 261 g/mol. The first-order valence-electron chi connectivity index (χ1n) is 7.57. The van der Waals surface area contributed by atoms with Crippen LogP contribution < -0.4 is 10.1 Å². The zero-order chi connectivity index (χ0) is 13.7. The summed E-state index contributed by atoms with van der Waals surface area (Å²) in [4.78, 5) is 0. The van der Waals surface area contributed by atoms with Gasteiger partial charge in [-0.2, -0.15) is 0 Å². The molecule has 2 rings (SSSR count). The van der Waals surface area contributed by atoms with Gasteiger partial charge in [0.1, 0.15) is 5.75 Å². The maximum atomic E-state index is 5.44. The van der Waals surface area contributed by atoms with E-state index in [1.165, 1.54) is 43.2 Å². The molecule has 1 aliphatic carbocycles. The molecule has 1 N–H and O–H groups in total. The van der Waals surface area contributed by atoms with E-state index in [9.17, 15) is 0 Å². The Kier molecular flexibility index (Phi) is 5.26. The van der Waals surface area contributed by atoms with E-state index in [4.69, 9.17) is 4.74 Å². The highest BCUT2D eigenvalue weighted by Gasteiger charge is 2.19. The van der Waals surface area contributed by atoms with Gasteiger partial charge in [-0.1, -0.05) is 37.0 Å². The molecule has 1 aromatic rings. The molecule has 1 fully saturated rings. The second kappa shape index (κ2) is 6.95. The number of hydrogen-bond donors (Lipinski definition) is 1. The molecule has 0 bridgehead atoms. The lowest BCUT2D eigenvalue weighted by Crippen LogP contribution is -2.34. The molecular weight excluding hydrogens is 234 g/mol. The number of aryl methyl sites for hydroxylation is 1. The molecular formula is C17H27NO. The molecule has 1 aliphatic rings. The Balaban J connectivity index is 1.92. The fourth-order valence-corrected chi connectivity index (χ4v) is 3.12. The minimum Gasteiger partial charge on any atom is -0.496 e. The van der Waals surface area contributed by atoms with Gasteiger partial charge in [0, 0.05) is 18.2 Å². The Hall–Kier alpha value is -1.02. The molecule has 0 aliphatic heterocycles. The van der Waals surface area contributed by atoms with E-state index in [1.807, 2.05) is 0 Å². The van der Waals surface area contributed by atoms with Crippen molar-refractivity contribution in [3.8, 4) is 5.75 Å². The summed E-state index contributed by atoms with van der Waals surface area (Å²) in [7, 11) is 1.75. The molecule has 0 spiro atoms. The first kappa shape index (κ1) is 14.4. The summed E-state index contributed by atoms with van der Waals surface area (Å²) in [5, 5.41) is 3.69. The lowest BCUT2D eigenvalue weighted by atomic mass is 9.84. The molecule has 1 atom stereocenters. The van der Waals surface area contributed by atoms with Gasteiger partial charge in [-0.05, 0) is 38.7 Å². The van der Waals surface area contributed by atoms with Crippen molar-refractivity contribution < 1.29 is 4.74 Å². The van der Waals surface area contributed by atoms with E-state index >= 15 is 0 Å². The Morgan fingerprint density at radius 1 is 1.26 bits per heavy atom. The highest BCUT2D eigenvalue weighted by atomic mass is 16.5. The minimum atomic E-state index is 0.602. The van der Waals surface area contributed by atoms with Crippen molar-refractivity contribution in [3.05, 3.63) is 29.3 Å². The normalized spacial score (nSPS) is 18.3. The second-order valence-corrected chi connectivity index (χ2v) is 5.88. The standard InChI is InChI=1S/C17H27NO/c1-13-9-10-17(19-3)16(11-13)12-18-14(2)15-7-5-4-6-8-15/h9-11,14-15,18H,4-8,12H2,1-3H3/t14-/m1/s1. The molecule has 1 saturated carbocycles. The summed E-state index contributed by atoms with van der Waals surface area (Å²) in [6, 6.07) is 7.00. The average molecular weight is 261 g/mol. The van der Waals surface area contributed by atoms with Gasteiger partial charge in [-0.25, -0.2) is 0 Å². The lowest BCUT2D eigenvalue weighted by Gasteiger charge is -2.28. The Bertz CT molecular complexity index is 396. The Morgan fingerprint density at radius 2 is 2.00 bits per heavy atom. The SMILES string of the molecule is COc1ccc(C)cc1CN[C@H](C)C1CCCCC1. The van der Waals surface area contributed by atoms with Gasteiger partial charge >= 0.3 is 0 Å². The van der Waals surface area contributed by atoms with Crippen LogP contribution in [0.3, 0.4) is 0 Å². The van der Waals surface area contributed by atoms with Crippen molar-refractivity contribution >= 4 is 0 Å². The summed E-state index contributed by atoms with van der Waals surface area (Å²) in [5.74, 6) is 1.85. The first-order chi connectivity index (χ1) is 9.20. The van der Waals surface area contributed by atoms with Crippen LogP contribution in [0.15, 0.2) is 18.2 Å². The molecule has 1 aromatic carbocycles. The van der Waals surface area contributed by atoms with Crippen LogP contribution in [-0.4, -0.2) is 13.2 Å². The van der Waals surface area contributed by atoms with Crippen LogP contribution in [-0.2, 0) is 6.54 Å².